The summed E-state index contributed by atoms with van der Waals surface area (Å²) in [4.78, 5) is 15.2. The van der Waals surface area contributed by atoms with Crippen LogP contribution in [0.4, 0.5) is 4.39 Å². The molecule has 1 aromatic carbocycles. The van der Waals surface area contributed by atoms with E-state index in [4.69, 9.17) is 4.74 Å². The number of amides is 1. The van der Waals surface area contributed by atoms with E-state index in [0.717, 1.165) is 0 Å². The Morgan fingerprint density at radius 1 is 1.48 bits per heavy atom. The van der Waals surface area contributed by atoms with Gasteiger partial charge in [0.15, 0.2) is 0 Å². The number of rotatable bonds is 3. The lowest BCUT2D eigenvalue weighted by molar-refractivity contribution is -0.139. The van der Waals surface area contributed by atoms with Crippen molar-refractivity contribution in [1.29, 1.82) is 0 Å². The van der Waals surface area contributed by atoms with E-state index in [0.29, 0.717) is 36.6 Å². The molecule has 1 atom stereocenters. The van der Waals surface area contributed by atoms with E-state index in [1.165, 1.54) is 10.9 Å². The van der Waals surface area contributed by atoms with Gasteiger partial charge in [0.2, 0.25) is 11.7 Å². The number of morpholine rings is 1. The molecule has 1 fully saturated rings. The van der Waals surface area contributed by atoms with Crippen LogP contribution in [-0.2, 0) is 16.1 Å². The van der Waals surface area contributed by atoms with Crippen LogP contribution in [0, 0.1) is 12.7 Å². The Balaban J connectivity index is 1.69. The van der Waals surface area contributed by atoms with Crippen LogP contribution in [0.3, 0.4) is 0 Å². The molecule has 0 bridgehead atoms. The highest BCUT2D eigenvalue weighted by molar-refractivity contribution is 5.76. The van der Waals surface area contributed by atoms with Crippen molar-refractivity contribution in [3.63, 3.8) is 0 Å². The smallest absolute Gasteiger partial charge is 0.246 e. The van der Waals surface area contributed by atoms with Gasteiger partial charge in [-0.05, 0) is 42.8 Å². The third-order valence-corrected chi connectivity index (χ3v) is 3.74. The number of tetrazole rings is 1. The van der Waals surface area contributed by atoms with Crippen LogP contribution in [0.25, 0.3) is 11.4 Å². The van der Waals surface area contributed by atoms with Crippen LogP contribution in [0.5, 0.6) is 0 Å². The molecule has 1 aromatic heterocycles. The van der Waals surface area contributed by atoms with Gasteiger partial charge in [-0.3, -0.25) is 4.79 Å². The van der Waals surface area contributed by atoms with Crippen LogP contribution in [0.1, 0.15) is 12.5 Å². The van der Waals surface area contributed by atoms with E-state index in [1.807, 2.05) is 6.92 Å². The fraction of sp³-hybridized carbons (Fsp3) is 0.467. The summed E-state index contributed by atoms with van der Waals surface area (Å²) in [5, 5.41) is 12.0. The maximum atomic E-state index is 13.3. The van der Waals surface area contributed by atoms with Gasteiger partial charge in [-0.2, -0.15) is 4.80 Å². The Morgan fingerprint density at radius 2 is 2.30 bits per heavy atom. The topological polar surface area (TPSA) is 73.1 Å². The average molecular weight is 319 g/mol. The van der Waals surface area contributed by atoms with Crippen molar-refractivity contribution in [3.05, 3.63) is 29.6 Å². The van der Waals surface area contributed by atoms with Crippen LogP contribution in [-0.4, -0.2) is 56.8 Å². The monoisotopic (exact) mass is 319 g/mol. The highest BCUT2D eigenvalue weighted by Crippen LogP contribution is 2.17. The number of aromatic nitrogens is 4. The Morgan fingerprint density at radius 3 is 3.04 bits per heavy atom. The molecule has 0 unspecified atom stereocenters. The molecule has 3 rings (SSSR count). The van der Waals surface area contributed by atoms with Crippen molar-refractivity contribution < 1.29 is 13.9 Å². The minimum atomic E-state index is -0.280. The van der Waals surface area contributed by atoms with Crippen molar-refractivity contribution in [2.24, 2.45) is 0 Å². The zero-order valence-electron chi connectivity index (χ0n) is 13.1. The molecule has 0 spiro atoms. The second-order valence-electron chi connectivity index (χ2n) is 5.63. The molecule has 2 aromatic rings. The van der Waals surface area contributed by atoms with Gasteiger partial charge in [0.1, 0.15) is 12.4 Å². The highest BCUT2D eigenvalue weighted by atomic mass is 19.1. The standard InChI is InChI=1S/C15H18FN5O2/c1-10-7-12(3-4-13(10)16)15-17-19-21(18-15)9-14(22)20-5-6-23-11(2)8-20/h3-4,7,11H,5-6,8-9H2,1-2H3/t11-/m0/s1. The lowest BCUT2D eigenvalue weighted by Crippen LogP contribution is -2.45. The summed E-state index contributed by atoms with van der Waals surface area (Å²) < 4.78 is 18.7. The Bertz CT molecular complexity index is 718. The number of halogens is 1. The summed E-state index contributed by atoms with van der Waals surface area (Å²) >= 11 is 0. The summed E-state index contributed by atoms with van der Waals surface area (Å²) in [5.41, 5.74) is 1.18. The van der Waals surface area contributed by atoms with Crippen LogP contribution in [0.2, 0.25) is 0 Å². The minimum absolute atomic E-state index is 0.0277. The minimum Gasteiger partial charge on any atom is -0.375 e. The Labute approximate surface area is 133 Å². The summed E-state index contributed by atoms with van der Waals surface area (Å²) in [6.45, 7) is 5.31. The van der Waals surface area contributed by atoms with Crippen LogP contribution >= 0.6 is 0 Å². The van der Waals surface area contributed by atoms with E-state index in [9.17, 15) is 9.18 Å². The second-order valence-corrected chi connectivity index (χ2v) is 5.63. The highest BCUT2D eigenvalue weighted by Gasteiger charge is 2.22. The third-order valence-electron chi connectivity index (χ3n) is 3.74. The molecule has 1 amide bonds. The third kappa shape index (κ3) is 3.53. The average Bonchev–Trinajstić information content (AvgIpc) is 2.98. The predicted octanol–water partition coefficient (Wildman–Crippen LogP) is 1.03. The molecular formula is C15H18FN5O2. The molecule has 0 saturated carbocycles. The number of nitrogens with zero attached hydrogens (tertiary/aromatic N) is 5. The van der Waals surface area contributed by atoms with Crippen molar-refractivity contribution >= 4 is 5.91 Å². The van der Waals surface area contributed by atoms with Gasteiger partial charge in [-0.25, -0.2) is 4.39 Å². The molecular weight excluding hydrogens is 301 g/mol. The summed E-state index contributed by atoms with van der Waals surface area (Å²) in [6, 6.07) is 4.61. The molecule has 23 heavy (non-hydrogen) atoms. The first kappa shape index (κ1) is 15.5. The number of carbonyl (C=O) groups is 1. The molecule has 0 radical (unpaired) electrons. The first-order valence-corrected chi connectivity index (χ1v) is 7.46. The molecule has 0 N–H and O–H groups in total. The number of ether oxygens (including phenoxy) is 1. The maximum absolute atomic E-state index is 13.3. The van der Waals surface area contributed by atoms with Gasteiger partial charge >= 0.3 is 0 Å². The van der Waals surface area contributed by atoms with Gasteiger partial charge < -0.3 is 9.64 Å². The summed E-state index contributed by atoms with van der Waals surface area (Å²) in [5.74, 6) is 0.0217. The lowest BCUT2D eigenvalue weighted by Gasteiger charge is -2.30. The molecule has 2 heterocycles. The van der Waals surface area contributed by atoms with Gasteiger partial charge in [-0.15, -0.1) is 10.2 Å². The quantitative estimate of drug-likeness (QED) is 0.845. The maximum Gasteiger partial charge on any atom is 0.246 e. The summed E-state index contributed by atoms with van der Waals surface area (Å²) in [7, 11) is 0. The zero-order chi connectivity index (χ0) is 16.4. The molecule has 0 aliphatic carbocycles. The van der Waals surface area contributed by atoms with E-state index in [2.05, 4.69) is 15.4 Å². The molecule has 8 heteroatoms. The number of hydrogen-bond donors (Lipinski definition) is 0. The van der Waals surface area contributed by atoms with E-state index < -0.39 is 0 Å². The van der Waals surface area contributed by atoms with Gasteiger partial charge in [0, 0.05) is 18.7 Å². The molecule has 1 saturated heterocycles. The fourth-order valence-electron chi connectivity index (χ4n) is 2.48. The normalized spacial score (nSPS) is 18.2. The van der Waals surface area contributed by atoms with E-state index >= 15 is 0 Å². The SMILES string of the molecule is Cc1cc(-c2nnn(CC(=O)N3CCO[C@@H](C)C3)n2)ccc1F. The van der Waals surface area contributed by atoms with Gasteiger partial charge in [0.25, 0.3) is 0 Å². The Hall–Kier alpha value is -2.35. The van der Waals surface area contributed by atoms with Gasteiger partial charge in [-0.1, -0.05) is 0 Å². The van der Waals surface area contributed by atoms with Crippen molar-refractivity contribution in [3.8, 4) is 11.4 Å². The fourth-order valence-corrected chi connectivity index (χ4v) is 2.48. The number of aryl methyl sites for hydroxylation is 1. The zero-order valence-corrected chi connectivity index (χ0v) is 13.1. The lowest BCUT2D eigenvalue weighted by atomic mass is 10.1. The summed E-state index contributed by atoms with van der Waals surface area (Å²) in [6.07, 6.45) is 0.0363. The van der Waals surface area contributed by atoms with Crippen molar-refractivity contribution in [2.45, 2.75) is 26.5 Å². The second kappa shape index (κ2) is 6.41. The number of benzene rings is 1. The Kier molecular flexibility index (Phi) is 4.33. The molecule has 122 valence electrons. The number of hydrogen-bond acceptors (Lipinski definition) is 5. The van der Waals surface area contributed by atoms with E-state index in [1.54, 1.807) is 24.0 Å². The molecule has 1 aliphatic heterocycles. The van der Waals surface area contributed by atoms with Gasteiger partial charge in [0.05, 0.1) is 12.7 Å². The van der Waals surface area contributed by atoms with Crippen molar-refractivity contribution in [2.75, 3.05) is 19.7 Å². The van der Waals surface area contributed by atoms with Crippen molar-refractivity contribution in [1.82, 2.24) is 25.1 Å². The van der Waals surface area contributed by atoms with Crippen LogP contribution < -0.4 is 0 Å². The predicted molar refractivity (Wildman–Crippen MR) is 79.9 cm³/mol. The number of carbonyl (C=O) groups excluding carboxylic acids is 1. The molecule has 7 nitrogen and oxygen atoms in total. The first-order valence-electron chi connectivity index (χ1n) is 7.46. The van der Waals surface area contributed by atoms with Crippen LogP contribution in [0.15, 0.2) is 18.2 Å². The first-order chi connectivity index (χ1) is 11.0. The van der Waals surface area contributed by atoms with E-state index in [-0.39, 0.29) is 24.4 Å². The molecule has 1 aliphatic rings. The largest absolute Gasteiger partial charge is 0.375 e.